The van der Waals surface area contributed by atoms with E-state index in [-0.39, 0.29) is 16.1 Å². The maximum atomic E-state index is 13.4. The van der Waals surface area contributed by atoms with Gasteiger partial charge in [-0.25, -0.2) is 4.39 Å². The molecule has 0 fully saturated rings. The Bertz CT molecular complexity index is 588. The first-order chi connectivity index (χ1) is 8.09. The SMILES string of the molecule is O=C(c1ccncc1F)c1ccc(Br)cc1Cl. The Kier molecular flexibility index (Phi) is 3.54. The molecule has 86 valence electrons. The van der Waals surface area contributed by atoms with Crippen LogP contribution in [0.1, 0.15) is 15.9 Å². The van der Waals surface area contributed by atoms with E-state index in [9.17, 15) is 9.18 Å². The summed E-state index contributed by atoms with van der Waals surface area (Å²) >= 11 is 9.17. The average Bonchev–Trinajstić information content (AvgIpc) is 2.29. The molecule has 0 bridgehead atoms. The standard InChI is InChI=1S/C12H6BrClFNO/c13-7-1-2-8(10(14)5-7)12(17)9-3-4-16-6-11(9)15/h1-6H. The smallest absolute Gasteiger partial charge is 0.197 e. The number of nitrogens with zero attached hydrogens (tertiary/aromatic N) is 1. The van der Waals surface area contributed by atoms with E-state index in [1.807, 2.05) is 0 Å². The molecule has 2 aromatic rings. The first-order valence-electron chi connectivity index (χ1n) is 4.69. The molecule has 0 aliphatic carbocycles. The van der Waals surface area contributed by atoms with Crippen molar-refractivity contribution in [2.75, 3.05) is 0 Å². The summed E-state index contributed by atoms with van der Waals surface area (Å²) in [6.45, 7) is 0. The molecule has 0 saturated heterocycles. The molecule has 0 unspecified atom stereocenters. The van der Waals surface area contributed by atoms with E-state index in [2.05, 4.69) is 20.9 Å². The van der Waals surface area contributed by atoms with E-state index >= 15 is 0 Å². The van der Waals surface area contributed by atoms with Gasteiger partial charge in [-0.2, -0.15) is 0 Å². The molecule has 0 atom stereocenters. The largest absolute Gasteiger partial charge is 0.288 e. The minimum absolute atomic E-state index is 0.0378. The van der Waals surface area contributed by atoms with Gasteiger partial charge in [-0.15, -0.1) is 0 Å². The number of carbonyl (C=O) groups is 1. The molecule has 0 amide bonds. The van der Waals surface area contributed by atoms with Gasteiger partial charge in [0.2, 0.25) is 0 Å². The molecule has 1 aromatic carbocycles. The van der Waals surface area contributed by atoms with Crippen molar-refractivity contribution < 1.29 is 9.18 Å². The van der Waals surface area contributed by atoms with Crippen LogP contribution in [0.25, 0.3) is 0 Å². The third-order valence-corrected chi connectivity index (χ3v) is 3.00. The molecular weight excluding hydrogens is 308 g/mol. The number of ketones is 1. The molecule has 1 heterocycles. The molecule has 1 aromatic heterocycles. The van der Waals surface area contributed by atoms with Gasteiger partial charge in [0, 0.05) is 16.2 Å². The first-order valence-corrected chi connectivity index (χ1v) is 5.86. The molecular formula is C12H6BrClFNO. The van der Waals surface area contributed by atoms with E-state index in [4.69, 9.17) is 11.6 Å². The molecule has 2 rings (SSSR count). The van der Waals surface area contributed by atoms with Gasteiger partial charge in [-0.3, -0.25) is 9.78 Å². The lowest BCUT2D eigenvalue weighted by molar-refractivity contribution is 0.103. The third kappa shape index (κ3) is 2.53. The summed E-state index contributed by atoms with van der Waals surface area (Å²) < 4.78 is 14.2. The molecule has 0 aliphatic rings. The zero-order valence-corrected chi connectivity index (χ0v) is 10.8. The Balaban J connectivity index is 2.48. The van der Waals surface area contributed by atoms with E-state index < -0.39 is 11.6 Å². The highest BCUT2D eigenvalue weighted by Gasteiger charge is 2.16. The van der Waals surface area contributed by atoms with Gasteiger partial charge in [0.15, 0.2) is 11.6 Å². The maximum absolute atomic E-state index is 13.4. The van der Waals surface area contributed by atoms with Gasteiger partial charge >= 0.3 is 0 Å². The summed E-state index contributed by atoms with van der Waals surface area (Å²) in [6, 6.07) is 6.15. The van der Waals surface area contributed by atoms with Crippen LogP contribution in [0.5, 0.6) is 0 Å². The number of hydrogen-bond donors (Lipinski definition) is 0. The Morgan fingerprint density at radius 1 is 1.29 bits per heavy atom. The van der Waals surface area contributed by atoms with Crippen molar-refractivity contribution in [3.8, 4) is 0 Å². The van der Waals surface area contributed by atoms with Crippen LogP contribution in [0.4, 0.5) is 4.39 Å². The topological polar surface area (TPSA) is 30.0 Å². The minimum Gasteiger partial charge on any atom is -0.288 e. The minimum atomic E-state index is -0.656. The number of carbonyl (C=O) groups excluding carboxylic acids is 1. The van der Waals surface area contributed by atoms with Crippen molar-refractivity contribution in [1.82, 2.24) is 4.98 Å². The molecule has 17 heavy (non-hydrogen) atoms. The third-order valence-electron chi connectivity index (χ3n) is 2.19. The Labute approximate surface area is 111 Å². The zero-order chi connectivity index (χ0) is 12.4. The fraction of sp³-hybridized carbons (Fsp3) is 0. The number of rotatable bonds is 2. The number of aromatic nitrogens is 1. The monoisotopic (exact) mass is 313 g/mol. The van der Waals surface area contributed by atoms with Crippen LogP contribution in [0.15, 0.2) is 41.1 Å². The molecule has 0 saturated carbocycles. The average molecular weight is 315 g/mol. The molecule has 0 radical (unpaired) electrons. The van der Waals surface area contributed by atoms with Crippen LogP contribution in [0.3, 0.4) is 0 Å². The Morgan fingerprint density at radius 3 is 2.71 bits per heavy atom. The van der Waals surface area contributed by atoms with Gasteiger partial charge in [0.05, 0.1) is 16.8 Å². The van der Waals surface area contributed by atoms with Crippen molar-refractivity contribution in [1.29, 1.82) is 0 Å². The fourth-order valence-corrected chi connectivity index (χ4v) is 2.14. The summed E-state index contributed by atoms with van der Waals surface area (Å²) in [7, 11) is 0. The van der Waals surface area contributed by atoms with E-state index in [1.165, 1.54) is 12.3 Å². The Morgan fingerprint density at radius 2 is 2.06 bits per heavy atom. The summed E-state index contributed by atoms with van der Waals surface area (Å²) in [5.74, 6) is -1.11. The highest BCUT2D eigenvalue weighted by Crippen LogP contribution is 2.24. The predicted octanol–water partition coefficient (Wildman–Crippen LogP) is 3.87. The van der Waals surface area contributed by atoms with E-state index in [1.54, 1.807) is 18.2 Å². The van der Waals surface area contributed by atoms with Crippen molar-refractivity contribution in [3.05, 3.63) is 63.1 Å². The lowest BCUT2D eigenvalue weighted by Gasteiger charge is -2.04. The summed E-state index contributed by atoms with van der Waals surface area (Å²) in [4.78, 5) is 15.6. The van der Waals surface area contributed by atoms with E-state index in [0.717, 1.165) is 10.7 Å². The molecule has 2 nitrogen and oxygen atoms in total. The van der Waals surface area contributed by atoms with Crippen molar-refractivity contribution >= 4 is 33.3 Å². The molecule has 0 spiro atoms. The normalized spacial score (nSPS) is 10.3. The van der Waals surface area contributed by atoms with Gasteiger partial charge in [-0.1, -0.05) is 27.5 Å². The molecule has 5 heteroatoms. The second-order valence-corrected chi connectivity index (χ2v) is 4.63. The number of pyridine rings is 1. The lowest BCUT2D eigenvalue weighted by Crippen LogP contribution is -2.05. The molecule has 0 N–H and O–H groups in total. The van der Waals surface area contributed by atoms with Crippen LogP contribution < -0.4 is 0 Å². The second-order valence-electron chi connectivity index (χ2n) is 3.31. The van der Waals surface area contributed by atoms with Crippen LogP contribution in [0.2, 0.25) is 5.02 Å². The first kappa shape index (κ1) is 12.2. The van der Waals surface area contributed by atoms with E-state index in [0.29, 0.717) is 0 Å². The van der Waals surface area contributed by atoms with Gasteiger partial charge in [-0.05, 0) is 24.3 Å². The summed E-state index contributed by atoms with van der Waals surface area (Å²) in [5, 5.41) is 0.278. The van der Waals surface area contributed by atoms with Crippen molar-refractivity contribution in [2.45, 2.75) is 0 Å². The van der Waals surface area contributed by atoms with Crippen LogP contribution in [-0.4, -0.2) is 10.8 Å². The molecule has 0 aliphatic heterocycles. The zero-order valence-electron chi connectivity index (χ0n) is 8.45. The highest BCUT2D eigenvalue weighted by atomic mass is 79.9. The Hall–Kier alpha value is -1.26. The van der Waals surface area contributed by atoms with Crippen molar-refractivity contribution in [3.63, 3.8) is 0 Å². The number of hydrogen-bond acceptors (Lipinski definition) is 2. The highest BCUT2D eigenvalue weighted by molar-refractivity contribution is 9.10. The lowest BCUT2D eigenvalue weighted by atomic mass is 10.0. The van der Waals surface area contributed by atoms with Crippen LogP contribution in [0, 0.1) is 5.82 Å². The van der Waals surface area contributed by atoms with Gasteiger partial charge in [0.25, 0.3) is 0 Å². The van der Waals surface area contributed by atoms with Gasteiger partial charge in [0.1, 0.15) is 0 Å². The number of halogens is 3. The van der Waals surface area contributed by atoms with Crippen molar-refractivity contribution in [2.24, 2.45) is 0 Å². The van der Waals surface area contributed by atoms with Crippen LogP contribution >= 0.6 is 27.5 Å². The van der Waals surface area contributed by atoms with Crippen LogP contribution in [-0.2, 0) is 0 Å². The quantitative estimate of drug-likeness (QED) is 0.788. The summed E-state index contributed by atoms with van der Waals surface area (Å²) in [5.41, 5.74) is 0.226. The fourth-order valence-electron chi connectivity index (χ4n) is 1.38. The number of benzene rings is 1. The predicted molar refractivity (Wildman–Crippen MR) is 66.8 cm³/mol. The van der Waals surface area contributed by atoms with Gasteiger partial charge < -0.3 is 0 Å². The summed E-state index contributed by atoms with van der Waals surface area (Å²) in [6.07, 6.45) is 2.36. The second kappa shape index (κ2) is 4.94. The maximum Gasteiger partial charge on any atom is 0.197 e.